The van der Waals surface area contributed by atoms with Gasteiger partial charge in [-0.1, -0.05) is 18.2 Å². The van der Waals surface area contributed by atoms with Crippen LogP contribution in [0.3, 0.4) is 0 Å². The molecule has 3 aromatic carbocycles. The summed E-state index contributed by atoms with van der Waals surface area (Å²) < 4.78 is 67.6. The van der Waals surface area contributed by atoms with Gasteiger partial charge in [0, 0.05) is 6.54 Å². The standard InChI is InChI=1S/C27H26FNO8S/c1-33-22-11-6-17(25(26(22)34-2)27(30)35-3)4-5-18-14-23-24(37-16-36-23)15-19(18)12-13-29-38(31,32)21-9-7-20(28)8-10-21/h4-11,14-15,29H,12-13,16H2,1-3H3/b5-4+. The van der Waals surface area contributed by atoms with Gasteiger partial charge in [-0.3, -0.25) is 0 Å². The summed E-state index contributed by atoms with van der Waals surface area (Å²) in [5.41, 5.74) is 2.21. The lowest BCUT2D eigenvalue weighted by Crippen LogP contribution is -2.26. The Bertz CT molecular complexity index is 1470. The van der Waals surface area contributed by atoms with Gasteiger partial charge in [0.1, 0.15) is 11.4 Å². The maximum absolute atomic E-state index is 13.2. The Labute approximate surface area is 219 Å². The monoisotopic (exact) mass is 543 g/mol. The van der Waals surface area contributed by atoms with Crippen molar-refractivity contribution in [2.75, 3.05) is 34.7 Å². The molecule has 0 spiro atoms. The number of methoxy groups -OCH3 is 3. The van der Waals surface area contributed by atoms with Crippen molar-refractivity contribution in [3.8, 4) is 23.0 Å². The average Bonchev–Trinajstić information content (AvgIpc) is 3.38. The Kier molecular flexibility index (Phi) is 8.18. The summed E-state index contributed by atoms with van der Waals surface area (Å²) in [5, 5.41) is 0. The fourth-order valence-corrected chi connectivity index (χ4v) is 4.99. The number of ether oxygens (including phenoxy) is 5. The molecule has 0 aromatic heterocycles. The van der Waals surface area contributed by atoms with Crippen LogP contribution in [-0.4, -0.2) is 49.1 Å². The van der Waals surface area contributed by atoms with Crippen molar-refractivity contribution in [1.29, 1.82) is 0 Å². The van der Waals surface area contributed by atoms with Crippen LogP contribution in [0.4, 0.5) is 4.39 Å². The molecule has 1 heterocycles. The highest BCUT2D eigenvalue weighted by Gasteiger charge is 2.22. The molecule has 0 amide bonds. The molecule has 1 aliphatic rings. The third kappa shape index (κ3) is 5.74. The van der Waals surface area contributed by atoms with E-state index in [0.717, 1.165) is 23.3 Å². The number of carbonyl (C=O) groups is 1. The molecule has 38 heavy (non-hydrogen) atoms. The summed E-state index contributed by atoms with van der Waals surface area (Å²) in [6.07, 6.45) is 3.81. The van der Waals surface area contributed by atoms with Crippen LogP contribution in [0.25, 0.3) is 12.2 Å². The van der Waals surface area contributed by atoms with Crippen LogP contribution in [0.1, 0.15) is 27.0 Å². The number of nitrogens with one attached hydrogen (secondary N) is 1. The molecule has 3 aromatic rings. The minimum Gasteiger partial charge on any atom is -0.493 e. The molecular formula is C27H26FNO8S. The van der Waals surface area contributed by atoms with Crippen molar-refractivity contribution in [3.63, 3.8) is 0 Å². The van der Waals surface area contributed by atoms with Crippen molar-refractivity contribution in [3.05, 3.63) is 76.6 Å². The smallest absolute Gasteiger partial charge is 0.342 e. The number of carbonyl (C=O) groups excluding carboxylic acids is 1. The predicted octanol–water partition coefficient (Wildman–Crippen LogP) is 4.05. The Morgan fingerprint density at radius 3 is 2.32 bits per heavy atom. The third-order valence-electron chi connectivity index (χ3n) is 5.85. The molecule has 0 atom stereocenters. The highest BCUT2D eigenvalue weighted by Crippen LogP contribution is 2.37. The molecule has 0 saturated heterocycles. The summed E-state index contributed by atoms with van der Waals surface area (Å²) >= 11 is 0. The first-order chi connectivity index (χ1) is 18.3. The summed E-state index contributed by atoms with van der Waals surface area (Å²) in [6, 6.07) is 11.5. The molecule has 0 unspecified atom stereocenters. The second kappa shape index (κ2) is 11.5. The molecule has 11 heteroatoms. The van der Waals surface area contributed by atoms with Gasteiger partial charge in [0.25, 0.3) is 0 Å². The van der Waals surface area contributed by atoms with Crippen LogP contribution in [0.5, 0.6) is 23.0 Å². The van der Waals surface area contributed by atoms with Crippen molar-refractivity contribution in [1.82, 2.24) is 4.72 Å². The Morgan fingerprint density at radius 1 is 0.974 bits per heavy atom. The van der Waals surface area contributed by atoms with Crippen molar-refractivity contribution in [2.45, 2.75) is 11.3 Å². The van der Waals surface area contributed by atoms with E-state index < -0.39 is 21.8 Å². The largest absolute Gasteiger partial charge is 0.493 e. The lowest BCUT2D eigenvalue weighted by Gasteiger charge is -2.14. The van der Waals surface area contributed by atoms with Crippen LogP contribution < -0.4 is 23.7 Å². The van der Waals surface area contributed by atoms with Crippen LogP contribution >= 0.6 is 0 Å². The highest BCUT2D eigenvalue weighted by molar-refractivity contribution is 7.89. The zero-order chi connectivity index (χ0) is 27.3. The van der Waals surface area contributed by atoms with Crippen LogP contribution in [0, 0.1) is 5.82 Å². The number of benzene rings is 3. The lowest BCUT2D eigenvalue weighted by atomic mass is 10.00. The Morgan fingerprint density at radius 2 is 1.66 bits per heavy atom. The highest BCUT2D eigenvalue weighted by atomic mass is 32.2. The number of rotatable bonds is 10. The molecule has 1 N–H and O–H groups in total. The molecule has 9 nitrogen and oxygen atoms in total. The van der Waals surface area contributed by atoms with Crippen molar-refractivity contribution in [2.24, 2.45) is 0 Å². The zero-order valence-electron chi connectivity index (χ0n) is 20.9. The number of hydrogen-bond acceptors (Lipinski definition) is 8. The molecule has 4 rings (SSSR count). The lowest BCUT2D eigenvalue weighted by molar-refractivity contribution is 0.0596. The number of halogens is 1. The molecular weight excluding hydrogens is 517 g/mol. The van der Waals surface area contributed by atoms with E-state index in [0.29, 0.717) is 29.2 Å². The van der Waals surface area contributed by atoms with Gasteiger partial charge in [-0.05, 0) is 65.6 Å². The van der Waals surface area contributed by atoms with E-state index in [2.05, 4.69) is 4.72 Å². The fourth-order valence-electron chi connectivity index (χ4n) is 3.96. The summed E-state index contributed by atoms with van der Waals surface area (Å²) in [4.78, 5) is 12.5. The summed E-state index contributed by atoms with van der Waals surface area (Å²) in [5.74, 6) is 0.581. The van der Waals surface area contributed by atoms with Gasteiger partial charge in [-0.2, -0.15) is 0 Å². The van der Waals surface area contributed by atoms with E-state index in [1.54, 1.807) is 36.4 Å². The second-order valence-corrected chi connectivity index (χ2v) is 9.86. The second-order valence-electron chi connectivity index (χ2n) is 8.10. The molecule has 200 valence electrons. The average molecular weight is 544 g/mol. The molecule has 0 aliphatic carbocycles. The number of hydrogen-bond donors (Lipinski definition) is 1. The maximum Gasteiger partial charge on any atom is 0.342 e. The van der Waals surface area contributed by atoms with Gasteiger partial charge < -0.3 is 23.7 Å². The Balaban J connectivity index is 1.63. The van der Waals surface area contributed by atoms with Crippen LogP contribution in [0.15, 0.2) is 53.4 Å². The first-order valence-corrected chi connectivity index (χ1v) is 12.9. The maximum atomic E-state index is 13.2. The minimum atomic E-state index is -3.83. The summed E-state index contributed by atoms with van der Waals surface area (Å²) in [6.45, 7) is 0.144. The van der Waals surface area contributed by atoms with Crippen molar-refractivity contribution >= 4 is 28.1 Å². The van der Waals surface area contributed by atoms with Gasteiger partial charge in [-0.15, -0.1) is 0 Å². The van der Waals surface area contributed by atoms with Gasteiger partial charge >= 0.3 is 5.97 Å². The number of esters is 1. The van der Waals surface area contributed by atoms with E-state index in [1.165, 1.54) is 33.5 Å². The quantitative estimate of drug-likeness (QED) is 0.301. The minimum absolute atomic E-state index is 0.0338. The number of sulfonamides is 1. The van der Waals surface area contributed by atoms with E-state index in [4.69, 9.17) is 23.7 Å². The van der Waals surface area contributed by atoms with Gasteiger partial charge in [0.15, 0.2) is 23.0 Å². The molecule has 0 radical (unpaired) electrons. The molecule has 0 fully saturated rings. The first kappa shape index (κ1) is 27.0. The van der Waals surface area contributed by atoms with Gasteiger partial charge in [-0.25, -0.2) is 22.3 Å². The summed E-state index contributed by atoms with van der Waals surface area (Å²) in [7, 11) is 0.350. The van der Waals surface area contributed by atoms with Crippen molar-refractivity contribution < 1.29 is 41.3 Å². The topological polar surface area (TPSA) is 109 Å². The first-order valence-electron chi connectivity index (χ1n) is 11.5. The number of fused-ring (bicyclic) bond motifs is 1. The van der Waals surface area contributed by atoms with E-state index >= 15 is 0 Å². The van der Waals surface area contributed by atoms with Gasteiger partial charge in [0.2, 0.25) is 16.8 Å². The zero-order valence-corrected chi connectivity index (χ0v) is 21.8. The van der Waals surface area contributed by atoms with E-state index in [-0.39, 0.29) is 29.5 Å². The SMILES string of the molecule is COC(=O)c1c(/C=C/c2cc3c(cc2CCNS(=O)(=O)c2ccc(F)cc2)OCO3)ccc(OC)c1OC. The third-order valence-corrected chi connectivity index (χ3v) is 7.33. The van der Waals surface area contributed by atoms with Crippen LogP contribution in [0.2, 0.25) is 0 Å². The van der Waals surface area contributed by atoms with Crippen LogP contribution in [-0.2, 0) is 21.2 Å². The molecule has 0 saturated carbocycles. The Hall–Kier alpha value is -4.09. The van der Waals surface area contributed by atoms with E-state index in [9.17, 15) is 17.6 Å². The fraction of sp³-hybridized carbons (Fsp3) is 0.222. The van der Waals surface area contributed by atoms with Gasteiger partial charge in [0.05, 0.1) is 26.2 Å². The molecule has 1 aliphatic heterocycles. The molecule has 0 bridgehead atoms. The van der Waals surface area contributed by atoms with E-state index in [1.807, 2.05) is 0 Å². The normalized spacial score (nSPS) is 12.5. The predicted molar refractivity (Wildman–Crippen MR) is 138 cm³/mol.